The molecule has 0 unspecified atom stereocenters. The highest BCUT2D eigenvalue weighted by Crippen LogP contribution is 2.36. The lowest BCUT2D eigenvalue weighted by molar-refractivity contribution is -0.118. The molecular weight excluding hydrogens is 492 g/mol. The lowest BCUT2D eigenvalue weighted by atomic mass is 10.2. The summed E-state index contributed by atoms with van der Waals surface area (Å²) in [6.45, 7) is 0. The first-order chi connectivity index (χ1) is 16.5. The normalized spacial score (nSPS) is 13.0. The number of thiophene rings is 1. The number of amides is 1. The van der Waals surface area contributed by atoms with Crippen molar-refractivity contribution in [3.63, 3.8) is 0 Å². The van der Waals surface area contributed by atoms with Gasteiger partial charge in [-0.25, -0.2) is 10.4 Å². The number of carbonyl (C=O) groups excluding carboxylic acids is 1. The Hall–Kier alpha value is -3.14. The molecule has 0 saturated carbocycles. The minimum atomic E-state index is -0.359. The number of thioether (sulfide) groups is 1. The highest BCUT2D eigenvalue weighted by atomic mass is 35.5. The largest absolute Gasteiger partial charge is 0.507 e. The minimum absolute atomic E-state index is 0.00867. The molecule has 0 aliphatic heterocycles. The van der Waals surface area contributed by atoms with Crippen molar-refractivity contribution in [2.24, 2.45) is 5.10 Å². The number of phenols is 1. The van der Waals surface area contributed by atoms with Gasteiger partial charge in [-0.2, -0.15) is 5.10 Å². The van der Waals surface area contributed by atoms with Crippen LogP contribution in [0.2, 0.25) is 5.02 Å². The molecule has 0 radical (unpaired) electrons. The van der Waals surface area contributed by atoms with Crippen LogP contribution in [0.5, 0.6) is 5.75 Å². The zero-order valence-corrected chi connectivity index (χ0v) is 20.2. The van der Waals surface area contributed by atoms with E-state index in [1.54, 1.807) is 58.4 Å². The zero-order valence-electron chi connectivity index (χ0n) is 17.8. The number of rotatable bonds is 6. The van der Waals surface area contributed by atoms with E-state index >= 15 is 0 Å². The Kier molecular flexibility index (Phi) is 6.40. The first kappa shape index (κ1) is 22.6. The third-order valence-electron chi connectivity index (χ3n) is 5.45. The van der Waals surface area contributed by atoms with Crippen molar-refractivity contribution in [1.82, 2.24) is 15.0 Å². The van der Waals surface area contributed by atoms with Gasteiger partial charge in [-0.1, -0.05) is 35.5 Å². The molecule has 0 bridgehead atoms. The van der Waals surface area contributed by atoms with E-state index in [0.29, 0.717) is 31.6 Å². The van der Waals surface area contributed by atoms with Crippen LogP contribution < -0.4 is 11.0 Å². The van der Waals surface area contributed by atoms with E-state index in [9.17, 15) is 14.7 Å². The number of phenolic OH excluding ortho intramolecular Hbond substituents is 1. The molecule has 10 heteroatoms. The molecular formula is C24H19ClN4O3S2. The van der Waals surface area contributed by atoms with Crippen LogP contribution in [0.1, 0.15) is 22.4 Å². The molecule has 0 fully saturated rings. The number of carbonyl (C=O) groups is 1. The molecule has 34 heavy (non-hydrogen) atoms. The van der Waals surface area contributed by atoms with Gasteiger partial charge in [0.2, 0.25) is 0 Å². The lowest BCUT2D eigenvalue weighted by Crippen LogP contribution is -2.24. The van der Waals surface area contributed by atoms with Crippen molar-refractivity contribution in [2.75, 3.05) is 5.75 Å². The second-order valence-corrected chi connectivity index (χ2v) is 10.2. The van der Waals surface area contributed by atoms with Gasteiger partial charge in [-0.15, -0.1) is 11.3 Å². The zero-order chi connectivity index (χ0) is 23.7. The molecule has 0 atom stereocenters. The van der Waals surface area contributed by atoms with E-state index in [-0.39, 0.29) is 23.0 Å². The van der Waals surface area contributed by atoms with Gasteiger partial charge in [0.05, 0.1) is 23.0 Å². The number of fused-ring (bicyclic) bond motifs is 3. The smallest absolute Gasteiger partial charge is 0.267 e. The topological polar surface area (TPSA) is 96.6 Å². The van der Waals surface area contributed by atoms with Gasteiger partial charge in [0, 0.05) is 15.5 Å². The van der Waals surface area contributed by atoms with Gasteiger partial charge < -0.3 is 5.11 Å². The van der Waals surface area contributed by atoms with Gasteiger partial charge in [-0.05, 0) is 61.2 Å². The summed E-state index contributed by atoms with van der Waals surface area (Å²) in [5.74, 6) is -0.279. The van der Waals surface area contributed by atoms with Crippen molar-refractivity contribution >= 4 is 57.0 Å². The van der Waals surface area contributed by atoms with Crippen LogP contribution in [-0.4, -0.2) is 32.5 Å². The van der Waals surface area contributed by atoms with Crippen molar-refractivity contribution < 1.29 is 9.90 Å². The number of para-hydroxylation sites is 1. The number of hydrazone groups is 1. The SMILES string of the molecule is O=C(CSc1nc2sc3c(c2c(=O)n1-c1ccc(Cl)cc1)CCC3)NN=Cc1ccccc1O. The third-order valence-corrected chi connectivity index (χ3v) is 7.83. The molecule has 2 N–H and O–H groups in total. The molecule has 4 aromatic rings. The number of aryl methyl sites for hydroxylation is 2. The summed E-state index contributed by atoms with van der Waals surface area (Å²) in [5.41, 5.74) is 4.55. The van der Waals surface area contributed by atoms with Gasteiger partial charge in [0.15, 0.2) is 5.16 Å². The van der Waals surface area contributed by atoms with Gasteiger partial charge in [0.1, 0.15) is 10.6 Å². The number of halogens is 1. The number of nitrogens with zero attached hydrogens (tertiary/aromatic N) is 3. The number of nitrogens with one attached hydrogen (secondary N) is 1. The van der Waals surface area contributed by atoms with Gasteiger partial charge in [-0.3, -0.25) is 14.2 Å². The van der Waals surface area contributed by atoms with Crippen LogP contribution in [0, 0.1) is 0 Å². The lowest BCUT2D eigenvalue weighted by Gasteiger charge is -2.12. The fourth-order valence-corrected chi connectivity index (χ4v) is 6.11. The summed E-state index contributed by atoms with van der Waals surface area (Å²) in [6, 6.07) is 13.7. The predicted molar refractivity (Wildman–Crippen MR) is 137 cm³/mol. The fourth-order valence-electron chi connectivity index (χ4n) is 3.87. The molecule has 2 heterocycles. The van der Waals surface area contributed by atoms with E-state index in [2.05, 4.69) is 10.5 Å². The summed E-state index contributed by atoms with van der Waals surface area (Å²) in [7, 11) is 0. The number of aromatic nitrogens is 2. The minimum Gasteiger partial charge on any atom is -0.507 e. The average Bonchev–Trinajstić information content (AvgIpc) is 3.41. The Morgan fingerprint density at radius 1 is 1.24 bits per heavy atom. The molecule has 1 aliphatic rings. The number of hydrogen-bond acceptors (Lipinski definition) is 7. The van der Waals surface area contributed by atoms with E-state index < -0.39 is 0 Å². The summed E-state index contributed by atoms with van der Waals surface area (Å²) in [6.07, 6.45) is 4.28. The number of aromatic hydroxyl groups is 1. The van der Waals surface area contributed by atoms with Crippen LogP contribution >= 0.6 is 34.7 Å². The monoisotopic (exact) mass is 510 g/mol. The van der Waals surface area contributed by atoms with Gasteiger partial charge >= 0.3 is 0 Å². The van der Waals surface area contributed by atoms with E-state index in [4.69, 9.17) is 16.6 Å². The first-order valence-electron chi connectivity index (χ1n) is 10.6. The summed E-state index contributed by atoms with van der Waals surface area (Å²) < 4.78 is 1.55. The highest BCUT2D eigenvalue weighted by molar-refractivity contribution is 7.99. The Bertz CT molecular complexity index is 1480. The molecule has 1 aliphatic carbocycles. The Balaban J connectivity index is 1.42. The van der Waals surface area contributed by atoms with Crippen LogP contribution in [0.4, 0.5) is 0 Å². The number of hydrogen-bond donors (Lipinski definition) is 2. The molecule has 0 spiro atoms. The third kappa shape index (κ3) is 4.46. The second kappa shape index (κ2) is 9.61. The standard InChI is InChI=1S/C24H19ClN4O3S2/c25-15-8-10-16(11-9-15)29-23(32)21-17-5-3-7-19(17)34-22(21)27-24(29)33-13-20(31)28-26-12-14-4-1-2-6-18(14)30/h1-2,4,6,8-12,30H,3,5,7,13H2,(H,28,31). The molecule has 2 aromatic heterocycles. The van der Waals surface area contributed by atoms with Crippen molar-refractivity contribution in [3.05, 3.63) is 79.9 Å². The maximum Gasteiger partial charge on any atom is 0.267 e. The van der Waals surface area contributed by atoms with Crippen LogP contribution in [0.3, 0.4) is 0 Å². The van der Waals surface area contributed by atoms with Crippen molar-refractivity contribution in [3.8, 4) is 11.4 Å². The summed E-state index contributed by atoms with van der Waals surface area (Å²) in [5, 5.41) is 15.4. The summed E-state index contributed by atoms with van der Waals surface area (Å²) >= 11 is 8.77. The molecule has 172 valence electrons. The van der Waals surface area contributed by atoms with Crippen LogP contribution in [-0.2, 0) is 17.6 Å². The van der Waals surface area contributed by atoms with E-state index in [1.807, 2.05) is 0 Å². The van der Waals surface area contributed by atoms with Crippen molar-refractivity contribution in [1.29, 1.82) is 0 Å². The Morgan fingerprint density at radius 2 is 2.03 bits per heavy atom. The predicted octanol–water partition coefficient (Wildman–Crippen LogP) is 4.54. The Labute approximate surface area is 208 Å². The maximum atomic E-state index is 13.6. The molecule has 1 amide bonds. The van der Waals surface area contributed by atoms with E-state index in [0.717, 1.165) is 36.6 Å². The number of benzene rings is 2. The first-order valence-corrected chi connectivity index (χ1v) is 12.7. The van der Waals surface area contributed by atoms with Crippen molar-refractivity contribution in [2.45, 2.75) is 24.4 Å². The average molecular weight is 511 g/mol. The molecule has 7 nitrogen and oxygen atoms in total. The highest BCUT2D eigenvalue weighted by Gasteiger charge is 2.24. The van der Waals surface area contributed by atoms with E-state index in [1.165, 1.54) is 17.2 Å². The fraction of sp³-hybridized carbons (Fsp3) is 0.167. The molecule has 5 rings (SSSR count). The molecule has 2 aromatic carbocycles. The molecule has 0 saturated heterocycles. The Morgan fingerprint density at radius 3 is 2.82 bits per heavy atom. The van der Waals surface area contributed by atoms with Crippen LogP contribution in [0.15, 0.2) is 63.6 Å². The maximum absolute atomic E-state index is 13.6. The second-order valence-electron chi connectivity index (χ2n) is 7.69. The van der Waals surface area contributed by atoms with Crippen LogP contribution in [0.25, 0.3) is 15.9 Å². The quantitative estimate of drug-likeness (QED) is 0.172. The van der Waals surface area contributed by atoms with Gasteiger partial charge in [0.25, 0.3) is 11.5 Å². The summed E-state index contributed by atoms with van der Waals surface area (Å²) in [4.78, 5) is 32.7.